The Balaban J connectivity index is 1.67. The number of hydrogen-bond acceptors (Lipinski definition) is 4. The predicted octanol–water partition coefficient (Wildman–Crippen LogP) is 5.85. The summed E-state index contributed by atoms with van der Waals surface area (Å²) in [6.07, 6.45) is 3.98. The number of benzene rings is 2. The Hall–Kier alpha value is -2.59. The molecule has 0 spiro atoms. The molecule has 0 bridgehead atoms. The molecule has 3 aromatic rings. The number of carbonyl (C=O) groups excluding carboxylic acids is 1. The summed E-state index contributed by atoms with van der Waals surface area (Å²) in [5.74, 6) is 0.178. The predicted molar refractivity (Wildman–Crippen MR) is 110 cm³/mol. The third-order valence-electron chi connectivity index (χ3n) is 5.30. The second kappa shape index (κ2) is 7.80. The average molecular weight is 397 g/mol. The molecule has 0 amide bonds. The van der Waals surface area contributed by atoms with Crippen molar-refractivity contribution in [3.8, 4) is 11.1 Å². The van der Waals surface area contributed by atoms with Gasteiger partial charge in [0.15, 0.2) is 0 Å². The number of esters is 1. The van der Waals surface area contributed by atoms with E-state index in [2.05, 4.69) is 6.92 Å². The summed E-state index contributed by atoms with van der Waals surface area (Å²) in [7, 11) is 0. The number of rotatable bonds is 3. The quantitative estimate of drug-likeness (QED) is 0.411. The Morgan fingerprint density at radius 1 is 1.11 bits per heavy atom. The van der Waals surface area contributed by atoms with Crippen molar-refractivity contribution in [1.29, 1.82) is 0 Å². The Kier molecular flexibility index (Phi) is 5.23. The summed E-state index contributed by atoms with van der Waals surface area (Å²) in [6.45, 7) is 2.18. The molecular formula is C23H21ClO4. The molecule has 1 saturated carbocycles. The molecule has 28 heavy (non-hydrogen) atoms. The molecule has 2 atom stereocenters. The number of halogens is 1. The Morgan fingerprint density at radius 3 is 2.75 bits per heavy atom. The van der Waals surface area contributed by atoms with Crippen LogP contribution in [0.2, 0.25) is 5.02 Å². The molecule has 2 unspecified atom stereocenters. The third kappa shape index (κ3) is 3.83. The van der Waals surface area contributed by atoms with E-state index in [0.29, 0.717) is 33.2 Å². The maximum Gasteiger partial charge on any atom is 0.344 e. The Labute approximate surface area is 168 Å². The molecular weight excluding hydrogens is 376 g/mol. The molecule has 0 N–H and O–H groups in total. The van der Waals surface area contributed by atoms with Crippen LogP contribution in [0.4, 0.5) is 0 Å². The molecule has 1 aromatic heterocycles. The number of carbonyl (C=O) groups is 1. The normalized spacial score (nSPS) is 19.5. The average Bonchev–Trinajstić information content (AvgIpc) is 2.68. The van der Waals surface area contributed by atoms with Gasteiger partial charge in [-0.25, -0.2) is 9.59 Å². The van der Waals surface area contributed by atoms with Crippen LogP contribution in [0.15, 0.2) is 57.7 Å². The highest BCUT2D eigenvalue weighted by molar-refractivity contribution is 6.33. The number of para-hydroxylation sites is 1. The topological polar surface area (TPSA) is 56.5 Å². The second-order valence-electron chi connectivity index (χ2n) is 7.48. The molecule has 1 aliphatic carbocycles. The van der Waals surface area contributed by atoms with Gasteiger partial charge in [0.1, 0.15) is 11.7 Å². The summed E-state index contributed by atoms with van der Waals surface area (Å²) < 4.78 is 11.1. The largest absolute Gasteiger partial charge is 0.459 e. The van der Waals surface area contributed by atoms with Crippen LogP contribution in [-0.4, -0.2) is 12.1 Å². The minimum absolute atomic E-state index is 0.0545. The van der Waals surface area contributed by atoms with E-state index in [1.165, 1.54) is 6.42 Å². The first-order chi connectivity index (χ1) is 13.5. The van der Waals surface area contributed by atoms with Gasteiger partial charge in [-0.2, -0.15) is 0 Å². The minimum Gasteiger partial charge on any atom is -0.459 e. The fraction of sp³-hybridized carbons (Fsp3) is 0.304. The van der Waals surface area contributed by atoms with Gasteiger partial charge in [0, 0.05) is 16.0 Å². The van der Waals surface area contributed by atoms with Gasteiger partial charge >= 0.3 is 11.6 Å². The molecule has 4 rings (SSSR count). The zero-order valence-corrected chi connectivity index (χ0v) is 16.4. The van der Waals surface area contributed by atoms with Gasteiger partial charge in [-0.3, -0.25) is 0 Å². The van der Waals surface area contributed by atoms with Crippen LogP contribution in [0.3, 0.4) is 0 Å². The van der Waals surface area contributed by atoms with E-state index in [-0.39, 0.29) is 12.1 Å². The Bertz CT molecular complexity index is 1090. The maximum absolute atomic E-state index is 12.6. The van der Waals surface area contributed by atoms with Gasteiger partial charge < -0.3 is 9.15 Å². The van der Waals surface area contributed by atoms with Crippen LogP contribution < -0.4 is 5.63 Å². The van der Waals surface area contributed by atoms with Gasteiger partial charge in [0.2, 0.25) is 0 Å². The maximum atomic E-state index is 12.6. The first-order valence-electron chi connectivity index (χ1n) is 9.55. The van der Waals surface area contributed by atoms with Gasteiger partial charge in [0.05, 0.1) is 11.1 Å². The summed E-state index contributed by atoms with van der Waals surface area (Å²) in [6, 6.07) is 13.9. The summed E-state index contributed by atoms with van der Waals surface area (Å²) in [4.78, 5) is 25.1. The lowest BCUT2D eigenvalue weighted by molar-refractivity contribution is 0.0155. The molecule has 1 heterocycles. The van der Waals surface area contributed by atoms with Crippen molar-refractivity contribution in [1.82, 2.24) is 0 Å². The second-order valence-corrected chi connectivity index (χ2v) is 7.89. The number of fused-ring (bicyclic) bond motifs is 1. The van der Waals surface area contributed by atoms with E-state index in [1.54, 1.807) is 36.4 Å². The first-order valence-corrected chi connectivity index (χ1v) is 9.93. The van der Waals surface area contributed by atoms with E-state index in [9.17, 15) is 9.59 Å². The fourth-order valence-corrected chi connectivity index (χ4v) is 4.03. The van der Waals surface area contributed by atoms with Crippen molar-refractivity contribution >= 4 is 28.5 Å². The highest BCUT2D eigenvalue weighted by Crippen LogP contribution is 2.30. The van der Waals surface area contributed by atoms with Gasteiger partial charge in [-0.1, -0.05) is 43.1 Å². The fourth-order valence-electron chi connectivity index (χ4n) is 3.81. The lowest BCUT2D eigenvalue weighted by Gasteiger charge is -2.26. The van der Waals surface area contributed by atoms with E-state index < -0.39 is 5.63 Å². The van der Waals surface area contributed by atoms with Gasteiger partial charge in [0.25, 0.3) is 0 Å². The molecule has 144 valence electrons. The van der Waals surface area contributed by atoms with Crippen molar-refractivity contribution in [2.75, 3.05) is 0 Å². The lowest BCUT2D eigenvalue weighted by Crippen LogP contribution is -2.24. The van der Waals surface area contributed by atoms with E-state index in [4.69, 9.17) is 20.8 Å². The van der Waals surface area contributed by atoms with Crippen molar-refractivity contribution in [2.45, 2.75) is 38.7 Å². The molecule has 0 saturated heterocycles. The van der Waals surface area contributed by atoms with Crippen molar-refractivity contribution in [2.24, 2.45) is 5.92 Å². The van der Waals surface area contributed by atoms with Crippen LogP contribution in [0, 0.1) is 5.92 Å². The molecule has 2 aromatic carbocycles. The summed E-state index contributed by atoms with van der Waals surface area (Å²) in [5, 5.41) is 1.17. The summed E-state index contributed by atoms with van der Waals surface area (Å²) in [5.41, 5.74) is 1.18. The Morgan fingerprint density at radius 2 is 1.93 bits per heavy atom. The van der Waals surface area contributed by atoms with Crippen LogP contribution >= 0.6 is 11.6 Å². The first kappa shape index (κ1) is 18.8. The van der Waals surface area contributed by atoms with Crippen LogP contribution in [-0.2, 0) is 4.74 Å². The standard InChI is InChI=1S/C23H21ClO4/c1-14-5-4-7-17(11-14)27-22(25)16-9-10-20(24)18(13-16)19-12-15-6-2-3-8-21(15)28-23(19)26/h2-3,6,8-10,12-14,17H,4-5,7,11H2,1H3. The van der Waals surface area contributed by atoms with Crippen molar-refractivity contribution in [3.63, 3.8) is 0 Å². The summed E-state index contributed by atoms with van der Waals surface area (Å²) >= 11 is 6.34. The van der Waals surface area contributed by atoms with Crippen molar-refractivity contribution < 1.29 is 13.9 Å². The number of ether oxygens (including phenoxy) is 1. The zero-order valence-electron chi connectivity index (χ0n) is 15.6. The van der Waals surface area contributed by atoms with Crippen LogP contribution in [0.25, 0.3) is 22.1 Å². The van der Waals surface area contributed by atoms with Crippen LogP contribution in [0.1, 0.15) is 43.0 Å². The highest BCUT2D eigenvalue weighted by Gasteiger charge is 2.23. The molecule has 1 fully saturated rings. The van der Waals surface area contributed by atoms with E-state index >= 15 is 0 Å². The highest BCUT2D eigenvalue weighted by atomic mass is 35.5. The molecule has 0 radical (unpaired) electrons. The van der Waals surface area contributed by atoms with Crippen molar-refractivity contribution in [3.05, 3.63) is 69.5 Å². The van der Waals surface area contributed by atoms with E-state index in [1.807, 2.05) is 12.1 Å². The molecule has 1 aliphatic rings. The van der Waals surface area contributed by atoms with Gasteiger partial charge in [-0.15, -0.1) is 0 Å². The monoisotopic (exact) mass is 396 g/mol. The zero-order chi connectivity index (χ0) is 19.7. The third-order valence-corrected chi connectivity index (χ3v) is 5.63. The SMILES string of the molecule is CC1CCCC(OC(=O)c2ccc(Cl)c(-c3cc4ccccc4oc3=O)c2)C1. The lowest BCUT2D eigenvalue weighted by atomic mass is 9.89. The molecule has 4 nitrogen and oxygen atoms in total. The molecule has 0 aliphatic heterocycles. The minimum atomic E-state index is -0.493. The smallest absolute Gasteiger partial charge is 0.344 e. The molecule has 5 heteroatoms. The van der Waals surface area contributed by atoms with Crippen LogP contribution in [0.5, 0.6) is 0 Å². The number of hydrogen-bond donors (Lipinski definition) is 0. The van der Waals surface area contributed by atoms with Gasteiger partial charge in [-0.05, 0) is 55.5 Å². The van der Waals surface area contributed by atoms with E-state index in [0.717, 1.165) is 24.6 Å².